The first-order valence-corrected chi connectivity index (χ1v) is 9.05. The molecule has 0 N–H and O–H groups in total. The highest BCUT2D eigenvalue weighted by molar-refractivity contribution is 9.11. The second-order valence-electron chi connectivity index (χ2n) is 4.54. The summed E-state index contributed by atoms with van der Waals surface area (Å²) < 4.78 is 6.36. The van der Waals surface area contributed by atoms with Gasteiger partial charge < -0.3 is 4.74 Å². The molecule has 2 aromatic heterocycles. The van der Waals surface area contributed by atoms with E-state index >= 15 is 0 Å². The third-order valence-electron chi connectivity index (χ3n) is 3.01. The second-order valence-corrected chi connectivity index (χ2v) is 7.69. The summed E-state index contributed by atoms with van der Waals surface area (Å²) in [6.07, 6.45) is 0. The molecule has 0 spiro atoms. The van der Waals surface area contributed by atoms with Crippen molar-refractivity contribution in [3.8, 4) is 16.2 Å². The monoisotopic (exact) mass is 380 g/mol. The maximum Gasteiger partial charge on any atom is 0.118 e. The molecular weight excluding hydrogens is 364 g/mol. The van der Waals surface area contributed by atoms with Crippen LogP contribution in [0.2, 0.25) is 0 Å². The zero-order valence-corrected chi connectivity index (χ0v) is 15.4. The number of hydrogen-bond donors (Lipinski definition) is 0. The maximum atomic E-state index is 5.12. The normalized spacial score (nSPS) is 9.90. The molecule has 110 valence electrons. The van der Waals surface area contributed by atoms with Crippen LogP contribution in [-0.2, 0) is 0 Å². The first-order valence-electron chi connectivity index (χ1n) is 6.50. The second kappa shape index (κ2) is 7.78. The van der Waals surface area contributed by atoms with Gasteiger partial charge in [0.05, 0.1) is 10.9 Å². The molecule has 0 unspecified atom stereocenters. The highest BCUT2D eigenvalue weighted by Gasteiger charge is 2.02. The Labute approximate surface area is 142 Å². The van der Waals surface area contributed by atoms with Crippen molar-refractivity contribution in [2.75, 3.05) is 7.11 Å². The van der Waals surface area contributed by atoms with Crippen LogP contribution in [-0.4, -0.2) is 7.11 Å². The Hall–Kier alpha value is -1.10. The third-order valence-corrected chi connectivity index (χ3v) is 6.07. The minimum atomic E-state index is 0.906. The molecule has 0 saturated heterocycles. The van der Waals surface area contributed by atoms with Crippen molar-refractivity contribution in [2.24, 2.45) is 0 Å². The summed E-state index contributed by atoms with van der Waals surface area (Å²) in [4.78, 5) is 1.34. The Morgan fingerprint density at radius 2 is 1.48 bits per heavy atom. The highest BCUT2D eigenvalue weighted by atomic mass is 79.9. The van der Waals surface area contributed by atoms with Crippen LogP contribution in [0.5, 0.6) is 5.75 Å². The van der Waals surface area contributed by atoms with Crippen molar-refractivity contribution < 1.29 is 4.74 Å². The first kappa shape index (κ1) is 16.3. The molecule has 0 saturated carbocycles. The number of thiophene rings is 2. The van der Waals surface area contributed by atoms with Gasteiger partial charge >= 0.3 is 0 Å². The van der Waals surface area contributed by atoms with E-state index in [1.54, 1.807) is 29.8 Å². The predicted octanol–water partition coefficient (Wildman–Crippen LogP) is 6.55. The zero-order valence-electron chi connectivity index (χ0n) is 12.2. The van der Waals surface area contributed by atoms with Crippen LogP contribution in [0.1, 0.15) is 11.1 Å². The van der Waals surface area contributed by atoms with Gasteiger partial charge in [-0.15, -0.1) is 22.7 Å². The smallest absolute Gasteiger partial charge is 0.118 e. The SMILES string of the molecule is COc1ccc(-c2sccc2C)cc1.Cc1ccsc1Br. The van der Waals surface area contributed by atoms with E-state index in [9.17, 15) is 0 Å². The maximum absolute atomic E-state index is 5.12. The van der Waals surface area contributed by atoms with E-state index in [1.165, 1.54) is 25.4 Å². The van der Waals surface area contributed by atoms with Crippen LogP contribution in [0.25, 0.3) is 10.4 Å². The van der Waals surface area contributed by atoms with Gasteiger partial charge in [0.25, 0.3) is 0 Å². The van der Waals surface area contributed by atoms with Crippen LogP contribution in [0.15, 0.2) is 50.9 Å². The molecule has 21 heavy (non-hydrogen) atoms. The van der Waals surface area contributed by atoms with Crippen LogP contribution >= 0.6 is 38.6 Å². The summed E-state index contributed by atoms with van der Waals surface area (Å²) in [5.41, 5.74) is 3.92. The Morgan fingerprint density at radius 1 is 0.857 bits per heavy atom. The molecule has 0 aliphatic rings. The average Bonchev–Trinajstić information content (AvgIpc) is 3.09. The largest absolute Gasteiger partial charge is 0.497 e. The van der Waals surface area contributed by atoms with Gasteiger partial charge in [0.1, 0.15) is 5.75 Å². The first-order chi connectivity index (χ1) is 10.1. The molecule has 0 fully saturated rings. The number of methoxy groups -OCH3 is 1. The van der Waals surface area contributed by atoms with Crippen LogP contribution in [0.3, 0.4) is 0 Å². The van der Waals surface area contributed by atoms with Gasteiger partial charge in [-0.1, -0.05) is 0 Å². The van der Waals surface area contributed by atoms with E-state index in [4.69, 9.17) is 4.74 Å². The lowest BCUT2D eigenvalue weighted by atomic mass is 10.1. The molecule has 0 aliphatic carbocycles. The lowest BCUT2D eigenvalue weighted by molar-refractivity contribution is 0.415. The van der Waals surface area contributed by atoms with Crippen LogP contribution < -0.4 is 4.74 Å². The average molecular weight is 381 g/mol. The number of halogens is 1. The molecule has 0 bridgehead atoms. The fourth-order valence-corrected chi connectivity index (χ4v) is 3.80. The molecule has 0 radical (unpaired) electrons. The minimum absolute atomic E-state index is 0.906. The lowest BCUT2D eigenvalue weighted by Gasteiger charge is -2.02. The van der Waals surface area contributed by atoms with Gasteiger partial charge in [-0.3, -0.25) is 0 Å². The summed E-state index contributed by atoms with van der Waals surface area (Å²) in [5.74, 6) is 0.906. The van der Waals surface area contributed by atoms with Crippen molar-refractivity contribution in [2.45, 2.75) is 13.8 Å². The lowest BCUT2D eigenvalue weighted by Crippen LogP contribution is -1.82. The Kier molecular flexibility index (Phi) is 6.03. The number of rotatable bonds is 2. The van der Waals surface area contributed by atoms with Crippen molar-refractivity contribution in [1.82, 2.24) is 0 Å². The molecule has 1 nitrogen and oxygen atoms in total. The quantitative estimate of drug-likeness (QED) is 0.489. The molecule has 2 heterocycles. The summed E-state index contributed by atoms with van der Waals surface area (Å²) >= 11 is 6.88. The molecule has 3 rings (SSSR count). The van der Waals surface area contributed by atoms with Crippen molar-refractivity contribution >= 4 is 38.6 Å². The van der Waals surface area contributed by atoms with Gasteiger partial charge in [-0.2, -0.15) is 0 Å². The summed E-state index contributed by atoms with van der Waals surface area (Å²) in [6, 6.07) is 12.4. The molecule has 0 atom stereocenters. The van der Waals surface area contributed by atoms with Gasteiger partial charge in [-0.05, 0) is 93.6 Å². The van der Waals surface area contributed by atoms with Crippen molar-refractivity contribution in [3.05, 3.63) is 62.1 Å². The third kappa shape index (κ3) is 4.43. The molecule has 0 aliphatic heterocycles. The van der Waals surface area contributed by atoms with Crippen molar-refractivity contribution in [1.29, 1.82) is 0 Å². The fourth-order valence-electron chi connectivity index (χ4n) is 1.77. The Balaban J connectivity index is 0.000000194. The van der Waals surface area contributed by atoms with Gasteiger partial charge in [0.2, 0.25) is 0 Å². The number of hydrogen-bond acceptors (Lipinski definition) is 3. The minimum Gasteiger partial charge on any atom is -0.497 e. The Bertz CT molecular complexity index is 666. The predicted molar refractivity (Wildman–Crippen MR) is 97.8 cm³/mol. The number of ether oxygens (including phenoxy) is 1. The van der Waals surface area contributed by atoms with E-state index in [-0.39, 0.29) is 0 Å². The van der Waals surface area contributed by atoms with E-state index < -0.39 is 0 Å². The van der Waals surface area contributed by atoms with Crippen LogP contribution in [0.4, 0.5) is 0 Å². The van der Waals surface area contributed by atoms with Gasteiger partial charge in [0.15, 0.2) is 0 Å². The molecule has 3 aromatic rings. The van der Waals surface area contributed by atoms with Gasteiger partial charge in [0, 0.05) is 4.88 Å². The zero-order chi connectivity index (χ0) is 15.2. The molecule has 0 amide bonds. The van der Waals surface area contributed by atoms with E-state index in [1.807, 2.05) is 12.1 Å². The summed E-state index contributed by atoms with van der Waals surface area (Å²) in [6.45, 7) is 4.22. The Morgan fingerprint density at radius 3 is 1.86 bits per heavy atom. The fraction of sp³-hybridized carbons (Fsp3) is 0.176. The summed E-state index contributed by atoms with van der Waals surface area (Å²) in [7, 11) is 1.69. The molecule has 1 aromatic carbocycles. The van der Waals surface area contributed by atoms with E-state index in [0.717, 1.165) is 5.75 Å². The standard InChI is InChI=1S/C12H12OS.C5H5BrS/c1-9-7-8-14-12(9)10-3-5-11(13-2)6-4-10;1-4-2-3-7-5(4)6/h3-8H,1-2H3;2-3H,1H3. The van der Waals surface area contributed by atoms with Crippen LogP contribution in [0, 0.1) is 13.8 Å². The molecular formula is C17H17BrOS2. The summed E-state index contributed by atoms with van der Waals surface area (Å²) in [5, 5.41) is 4.19. The van der Waals surface area contributed by atoms with E-state index in [0.29, 0.717) is 0 Å². The topological polar surface area (TPSA) is 9.23 Å². The number of benzene rings is 1. The molecule has 4 heteroatoms. The van der Waals surface area contributed by atoms with Gasteiger partial charge in [-0.25, -0.2) is 0 Å². The van der Waals surface area contributed by atoms with Crippen molar-refractivity contribution in [3.63, 3.8) is 0 Å². The highest BCUT2D eigenvalue weighted by Crippen LogP contribution is 2.29. The van der Waals surface area contributed by atoms with E-state index in [2.05, 4.69) is 64.8 Å². The number of aryl methyl sites for hydroxylation is 2.